The number of morpholine rings is 1. The summed E-state index contributed by atoms with van der Waals surface area (Å²) in [4.78, 5) is 14.5. The van der Waals surface area contributed by atoms with E-state index in [0.717, 1.165) is 3.57 Å². The second-order valence-electron chi connectivity index (χ2n) is 5.79. The molecule has 1 amide bonds. The maximum atomic E-state index is 13.2. The number of carbonyl (C=O) groups excluding carboxylic acids is 1. The summed E-state index contributed by atoms with van der Waals surface area (Å²) in [7, 11) is -3.85. The number of rotatable bonds is 5. The van der Waals surface area contributed by atoms with Crippen molar-refractivity contribution in [3.63, 3.8) is 0 Å². The van der Waals surface area contributed by atoms with Crippen LogP contribution in [-0.2, 0) is 19.6 Å². The van der Waals surface area contributed by atoms with Crippen molar-refractivity contribution < 1.29 is 17.9 Å². The van der Waals surface area contributed by atoms with E-state index < -0.39 is 10.0 Å². The number of amides is 1. The van der Waals surface area contributed by atoms with Crippen LogP contribution in [0.5, 0.6) is 0 Å². The summed E-state index contributed by atoms with van der Waals surface area (Å²) in [5, 5.41) is 0. The fraction of sp³-hybridized carbons (Fsp3) is 0.278. The van der Waals surface area contributed by atoms with E-state index in [2.05, 4.69) is 22.6 Å². The van der Waals surface area contributed by atoms with Gasteiger partial charge in [-0.25, -0.2) is 8.42 Å². The third kappa shape index (κ3) is 4.36. The molecule has 26 heavy (non-hydrogen) atoms. The molecule has 1 fully saturated rings. The van der Waals surface area contributed by atoms with Gasteiger partial charge in [0.25, 0.3) is 10.0 Å². The minimum atomic E-state index is -3.85. The fourth-order valence-electron chi connectivity index (χ4n) is 2.68. The molecular weight excluding hydrogens is 467 g/mol. The molecule has 1 saturated heterocycles. The van der Waals surface area contributed by atoms with Gasteiger partial charge in [-0.2, -0.15) is 0 Å². The Balaban J connectivity index is 1.94. The SMILES string of the molecule is O=C(CN(c1ccc(I)cc1)S(=O)(=O)c1ccccc1)N1CCOCC1. The summed E-state index contributed by atoms with van der Waals surface area (Å²) in [5.74, 6) is -0.230. The smallest absolute Gasteiger partial charge is 0.264 e. The van der Waals surface area contributed by atoms with Crippen molar-refractivity contribution in [2.24, 2.45) is 0 Å². The number of halogens is 1. The minimum absolute atomic E-state index is 0.160. The number of sulfonamides is 1. The third-order valence-electron chi connectivity index (χ3n) is 4.09. The zero-order valence-corrected chi connectivity index (χ0v) is 17.0. The maximum Gasteiger partial charge on any atom is 0.264 e. The van der Waals surface area contributed by atoms with Crippen LogP contribution < -0.4 is 4.31 Å². The molecule has 138 valence electrons. The molecule has 8 heteroatoms. The lowest BCUT2D eigenvalue weighted by atomic mass is 10.3. The first-order valence-electron chi connectivity index (χ1n) is 8.17. The summed E-state index contributed by atoms with van der Waals surface area (Å²) < 4.78 is 33.8. The number of nitrogens with zero attached hydrogens (tertiary/aromatic N) is 2. The highest BCUT2D eigenvalue weighted by Gasteiger charge is 2.29. The van der Waals surface area contributed by atoms with Crippen LogP contribution in [0.25, 0.3) is 0 Å². The molecule has 1 aliphatic rings. The Morgan fingerprint density at radius 2 is 1.65 bits per heavy atom. The first kappa shape index (κ1) is 19.1. The van der Waals surface area contributed by atoms with Crippen molar-refractivity contribution in [1.29, 1.82) is 0 Å². The lowest BCUT2D eigenvalue weighted by molar-refractivity contribution is -0.133. The van der Waals surface area contributed by atoms with E-state index in [4.69, 9.17) is 4.74 Å². The predicted octanol–water partition coefficient (Wildman–Crippen LogP) is 2.35. The van der Waals surface area contributed by atoms with Gasteiger partial charge in [-0.1, -0.05) is 18.2 Å². The highest BCUT2D eigenvalue weighted by molar-refractivity contribution is 14.1. The van der Waals surface area contributed by atoms with Crippen molar-refractivity contribution in [2.75, 3.05) is 37.2 Å². The van der Waals surface area contributed by atoms with Crippen molar-refractivity contribution in [2.45, 2.75) is 4.90 Å². The number of carbonyl (C=O) groups is 1. The molecule has 0 spiro atoms. The van der Waals surface area contributed by atoms with Crippen LogP contribution >= 0.6 is 22.6 Å². The molecule has 1 heterocycles. The maximum absolute atomic E-state index is 13.2. The van der Waals surface area contributed by atoms with Gasteiger partial charge in [0.1, 0.15) is 6.54 Å². The van der Waals surface area contributed by atoms with Crippen molar-refractivity contribution in [3.05, 3.63) is 58.2 Å². The summed E-state index contributed by atoms with van der Waals surface area (Å²) in [6, 6.07) is 15.2. The van der Waals surface area contributed by atoms with Crippen LogP contribution in [0, 0.1) is 3.57 Å². The van der Waals surface area contributed by atoms with E-state index in [1.165, 1.54) is 16.4 Å². The zero-order valence-electron chi connectivity index (χ0n) is 14.0. The Morgan fingerprint density at radius 1 is 1.04 bits per heavy atom. The van der Waals surface area contributed by atoms with Crippen LogP contribution in [0.1, 0.15) is 0 Å². The van der Waals surface area contributed by atoms with Gasteiger partial charge < -0.3 is 9.64 Å². The van der Waals surface area contributed by atoms with Crippen LogP contribution in [-0.4, -0.2) is 52.1 Å². The number of hydrogen-bond donors (Lipinski definition) is 0. The Bertz CT molecular complexity index is 851. The molecule has 1 aliphatic heterocycles. The van der Waals surface area contributed by atoms with Gasteiger partial charge in [0.15, 0.2) is 0 Å². The number of anilines is 1. The topological polar surface area (TPSA) is 66.9 Å². The first-order valence-corrected chi connectivity index (χ1v) is 10.7. The molecule has 2 aromatic carbocycles. The molecule has 3 rings (SSSR count). The molecule has 0 saturated carbocycles. The monoisotopic (exact) mass is 486 g/mol. The molecule has 0 atom stereocenters. The van der Waals surface area contributed by atoms with Gasteiger partial charge >= 0.3 is 0 Å². The highest BCUT2D eigenvalue weighted by atomic mass is 127. The molecule has 0 N–H and O–H groups in total. The fourth-order valence-corrected chi connectivity index (χ4v) is 4.47. The third-order valence-corrected chi connectivity index (χ3v) is 6.60. The molecule has 0 aliphatic carbocycles. The van der Waals surface area contributed by atoms with Gasteiger partial charge in [0.05, 0.1) is 23.8 Å². The molecule has 0 aromatic heterocycles. The summed E-state index contributed by atoms with van der Waals surface area (Å²) in [6.07, 6.45) is 0. The summed E-state index contributed by atoms with van der Waals surface area (Å²) >= 11 is 2.16. The largest absolute Gasteiger partial charge is 0.378 e. The lowest BCUT2D eigenvalue weighted by Gasteiger charge is -2.30. The van der Waals surface area contributed by atoms with Crippen molar-refractivity contribution in [1.82, 2.24) is 4.90 Å². The van der Waals surface area contributed by atoms with Crippen LogP contribution in [0.2, 0.25) is 0 Å². The molecule has 2 aromatic rings. The van der Waals surface area contributed by atoms with E-state index in [1.54, 1.807) is 35.2 Å². The minimum Gasteiger partial charge on any atom is -0.378 e. The Hall–Kier alpha value is -1.65. The lowest BCUT2D eigenvalue weighted by Crippen LogP contribution is -2.47. The van der Waals surface area contributed by atoms with Crippen LogP contribution in [0.4, 0.5) is 5.69 Å². The molecule has 0 unspecified atom stereocenters. The molecule has 6 nitrogen and oxygen atoms in total. The van der Waals surface area contributed by atoms with Crippen molar-refractivity contribution in [3.8, 4) is 0 Å². The van der Waals surface area contributed by atoms with E-state index in [9.17, 15) is 13.2 Å². The summed E-state index contributed by atoms with van der Waals surface area (Å²) in [6.45, 7) is 1.66. The molecule has 0 bridgehead atoms. The quantitative estimate of drug-likeness (QED) is 0.609. The second-order valence-corrected chi connectivity index (χ2v) is 8.90. The number of ether oxygens (including phenoxy) is 1. The normalized spacial score (nSPS) is 14.9. The van der Waals surface area contributed by atoms with E-state index in [-0.39, 0.29) is 17.3 Å². The number of benzene rings is 2. The standard InChI is InChI=1S/C18H19IN2O4S/c19-15-6-8-16(9-7-15)21(14-18(22)20-10-12-25-13-11-20)26(23,24)17-4-2-1-3-5-17/h1-9H,10-14H2. The first-order chi connectivity index (χ1) is 12.5. The van der Waals surface area contributed by atoms with Gasteiger partial charge in [0.2, 0.25) is 5.91 Å². The van der Waals surface area contributed by atoms with E-state index in [1.807, 2.05) is 12.1 Å². The number of hydrogen-bond acceptors (Lipinski definition) is 4. The Labute approximate surface area is 166 Å². The van der Waals surface area contributed by atoms with Gasteiger partial charge in [-0.3, -0.25) is 9.10 Å². The Kier molecular flexibility index (Phi) is 6.15. The summed E-state index contributed by atoms with van der Waals surface area (Å²) in [5.41, 5.74) is 0.468. The average molecular weight is 486 g/mol. The van der Waals surface area contributed by atoms with Gasteiger partial charge in [-0.05, 0) is 59.0 Å². The predicted molar refractivity (Wildman–Crippen MR) is 108 cm³/mol. The Morgan fingerprint density at radius 3 is 2.27 bits per heavy atom. The average Bonchev–Trinajstić information content (AvgIpc) is 2.68. The zero-order chi connectivity index (χ0) is 18.6. The van der Waals surface area contributed by atoms with Crippen LogP contribution in [0.15, 0.2) is 59.5 Å². The van der Waals surface area contributed by atoms with Gasteiger partial charge in [-0.15, -0.1) is 0 Å². The molecule has 0 radical (unpaired) electrons. The van der Waals surface area contributed by atoms with Gasteiger partial charge in [0, 0.05) is 16.7 Å². The van der Waals surface area contributed by atoms with Crippen molar-refractivity contribution >= 4 is 44.2 Å². The van der Waals surface area contributed by atoms with Crippen LogP contribution in [0.3, 0.4) is 0 Å². The highest BCUT2D eigenvalue weighted by Crippen LogP contribution is 2.24. The van der Waals surface area contributed by atoms with E-state index >= 15 is 0 Å². The molecular formula is C18H19IN2O4S. The second kappa shape index (κ2) is 8.36. The van der Waals surface area contributed by atoms with E-state index in [0.29, 0.717) is 32.0 Å².